The molecule has 1 heterocycles. The molecule has 0 saturated heterocycles. The smallest absolute Gasteiger partial charge is 0.235 e. The number of hydrogen-bond acceptors (Lipinski definition) is 2. The van der Waals surface area contributed by atoms with Crippen molar-refractivity contribution in [3.8, 4) is 0 Å². The van der Waals surface area contributed by atoms with Gasteiger partial charge in [0, 0.05) is 11.6 Å². The Hall–Kier alpha value is -2.00. The van der Waals surface area contributed by atoms with Crippen molar-refractivity contribution in [1.29, 1.82) is 0 Å². The second-order valence-corrected chi connectivity index (χ2v) is 4.93. The summed E-state index contributed by atoms with van der Waals surface area (Å²) in [4.78, 5) is 17.1. The van der Waals surface area contributed by atoms with Gasteiger partial charge >= 0.3 is 0 Å². The largest absolute Gasteiger partial charge is 0.359 e. The van der Waals surface area contributed by atoms with Crippen LogP contribution >= 0.6 is 0 Å². The lowest BCUT2D eigenvalue weighted by molar-refractivity contribution is 0.407. The first-order valence-corrected chi connectivity index (χ1v) is 6.22. The van der Waals surface area contributed by atoms with Crippen LogP contribution in [0, 0.1) is 11.6 Å². The Bertz CT molecular complexity index is 680. The van der Waals surface area contributed by atoms with E-state index in [-0.39, 0.29) is 11.1 Å². The summed E-state index contributed by atoms with van der Waals surface area (Å²) in [5.41, 5.74) is -0.943. The van der Waals surface area contributed by atoms with Crippen LogP contribution in [0.25, 0.3) is 10.9 Å². The molecule has 1 saturated carbocycles. The maximum atomic E-state index is 14.5. The van der Waals surface area contributed by atoms with E-state index in [2.05, 4.69) is 9.98 Å². The van der Waals surface area contributed by atoms with Gasteiger partial charge in [-0.25, -0.2) is 13.6 Å². The van der Waals surface area contributed by atoms with Crippen LogP contribution < -0.4 is 0 Å². The number of H-pyrrole nitrogens is 1. The molecular formula is C14H12F2N2O. The molecule has 19 heavy (non-hydrogen) atoms. The predicted molar refractivity (Wildman–Crippen MR) is 66.5 cm³/mol. The van der Waals surface area contributed by atoms with Gasteiger partial charge in [-0.05, 0) is 25.0 Å². The number of benzene rings is 1. The number of isocyanates is 1. The van der Waals surface area contributed by atoms with E-state index in [1.807, 2.05) is 0 Å². The van der Waals surface area contributed by atoms with E-state index in [0.717, 1.165) is 12.8 Å². The highest BCUT2D eigenvalue weighted by Gasteiger charge is 2.41. The topological polar surface area (TPSA) is 45.2 Å². The van der Waals surface area contributed by atoms with Crippen molar-refractivity contribution in [2.45, 2.75) is 31.2 Å². The number of nitrogens with zero attached hydrogens (tertiary/aromatic N) is 1. The zero-order valence-electron chi connectivity index (χ0n) is 10.2. The van der Waals surface area contributed by atoms with Crippen molar-refractivity contribution in [3.63, 3.8) is 0 Å². The Morgan fingerprint density at radius 1 is 1.32 bits per heavy atom. The van der Waals surface area contributed by atoms with E-state index >= 15 is 0 Å². The van der Waals surface area contributed by atoms with Gasteiger partial charge < -0.3 is 4.98 Å². The van der Waals surface area contributed by atoms with Gasteiger partial charge in [-0.1, -0.05) is 12.8 Å². The summed E-state index contributed by atoms with van der Waals surface area (Å²) >= 11 is 0. The molecule has 1 aromatic carbocycles. The first-order valence-electron chi connectivity index (χ1n) is 6.22. The van der Waals surface area contributed by atoms with Crippen LogP contribution in [-0.2, 0) is 10.3 Å². The second-order valence-electron chi connectivity index (χ2n) is 4.93. The van der Waals surface area contributed by atoms with E-state index in [1.54, 1.807) is 12.3 Å². The van der Waals surface area contributed by atoms with Crippen LogP contribution in [0.5, 0.6) is 0 Å². The van der Waals surface area contributed by atoms with Crippen molar-refractivity contribution in [3.05, 3.63) is 35.5 Å². The molecule has 0 amide bonds. The molecule has 0 bridgehead atoms. The lowest BCUT2D eigenvalue weighted by atomic mass is 9.87. The molecule has 0 spiro atoms. The van der Waals surface area contributed by atoms with Crippen LogP contribution in [0.1, 0.15) is 31.2 Å². The minimum Gasteiger partial charge on any atom is -0.359 e. The van der Waals surface area contributed by atoms with Crippen LogP contribution in [0.3, 0.4) is 0 Å². The standard InChI is InChI=1S/C14H12F2N2O/c15-10-7-9-3-6-17-13(9)12(16)11(10)14(18-8-19)4-1-2-5-14/h3,6-7,17H,1-2,4-5H2. The molecule has 3 nitrogen and oxygen atoms in total. The number of nitrogens with one attached hydrogen (secondary N) is 1. The highest BCUT2D eigenvalue weighted by molar-refractivity contribution is 5.81. The summed E-state index contributed by atoms with van der Waals surface area (Å²) in [7, 11) is 0. The molecule has 1 aliphatic carbocycles. The summed E-state index contributed by atoms with van der Waals surface area (Å²) in [6.07, 6.45) is 5.58. The fourth-order valence-corrected chi connectivity index (χ4v) is 3.02. The molecule has 0 atom stereocenters. The number of aromatic nitrogens is 1. The Kier molecular flexibility index (Phi) is 2.72. The molecule has 0 radical (unpaired) electrons. The van der Waals surface area contributed by atoms with Crippen LogP contribution in [0.2, 0.25) is 0 Å². The molecule has 1 aliphatic rings. The maximum absolute atomic E-state index is 14.5. The molecule has 3 rings (SSSR count). The van der Waals surface area contributed by atoms with Gasteiger partial charge in [0.05, 0.1) is 11.1 Å². The third-order valence-corrected chi connectivity index (χ3v) is 3.90. The summed E-state index contributed by atoms with van der Waals surface area (Å²) in [6, 6.07) is 2.89. The van der Waals surface area contributed by atoms with E-state index in [9.17, 15) is 13.6 Å². The van der Waals surface area contributed by atoms with E-state index in [1.165, 1.54) is 12.1 Å². The molecule has 1 N–H and O–H groups in total. The zero-order chi connectivity index (χ0) is 13.5. The summed E-state index contributed by atoms with van der Waals surface area (Å²) in [5.74, 6) is -1.30. The number of halogens is 2. The summed E-state index contributed by atoms with van der Waals surface area (Å²) in [6.45, 7) is 0. The first kappa shape index (κ1) is 12.1. The first-order chi connectivity index (χ1) is 9.18. The second kappa shape index (κ2) is 4.28. The average molecular weight is 262 g/mol. The third-order valence-electron chi connectivity index (χ3n) is 3.90. The van der Waals surface area contributed by atoms with Gasteiger partial charge in [0.1, 0.15) is 11.4 Å². The normalized spacial score (nSPS) is 17.6. The van der Waals surface area contributed by atoms with Gasteiger partial charge in [-0.2, -0.15) is 4.99 Å². The highest BCUT2D eigenvalue weighted by atomic mass is 19.1. The maximum Gasteiger partial charge on any atom is 0.235 e. The van der Waals surface area contributed by atoms with E-state index in [4.69, 9.17) is 0 Å². The Balaban J connectivity index is 2.31. The number of hydrogen-bond donors (Lipinski definition) is 1. The molecular weight excluding hydrogens is 250 g/mol. The molecule has 0 unspecified atom stereocenters. The highest BCUT2D eigenvalue weighted by Crippen LogP contribution is 2.45. The molecule has 98 valence electrons. The Morgan fingerprint density at radius 2 is 2.05 bits per heavy atom. The van der Waals surface area contributed by atoms with Crippen molar-refractivity contribution in [2.75, 3.05) is 0 Å². The van der Waals surface area contributed by atoms with Gasteiger partial charge in [0.2, 0.25) is 6.08 Å². The monoisotopic (exact) mass is 262 g/mol. The molecule has 1 fully saturated rings. The number of rotatable bonds is 2. The predicted octanol–water partition coefficient (Wildman–Crippen LogP) is 3.55. The van der Waals surface area contributed by atoms with Crippen LogP contribution in [-0.4, -0.2) is 11.1 Å². The minimum absolute atomic E-state index is 0.108. The van der Waals surface area contributed by atoms with Gasteiger partial charge in [0.25, 0.3) is 0 Å². The molecule has 2 aromatic rings. The lowest BCUT2D eigenvalue weighted by Crippen LogP contribution is -2.23. The summed E-state index contributed by atoms with van der Waals surface area (Å²) in [5, 5.41) is 0.474. The van der Waals surface area contributed by atoms with E-state index in [0.29, 0.717) is 18.2 Å². The number of carbonyl (C=O) groups excluding carboxylic acids is 1. The third kappa shape index (κ3) is 1.70. The van der Waals surface area contributed by atoms with Gasteiger partial charge in [0.15, 0.2) is 5.82 Å². The van der Waals surface area contributed by atoms with Crippen LogP contribution in [0.15, 0.2) is 23.3 Å². The van der Waals surface area contributed by atoms with Crippen molar-refractivity contribution in [2.24, 2.45) is 4.99 Å². The number of aliphatic imine (C=N–C) groups is 1. The lowest BCUT2D eigenvalue weighted by Gasteiger charge is -2.24. The zero-order valence-corrected chi connectivity index (χ0v) is 10.2. The fraction of sp³-hybridized carbons (Fsp3) is 0.357. The summed E-state index contributed by atoms with van der Waals surface area (Å²) < 4.78 is 28.8. The Morgan fingerprint density at radius 3 is 2.74 bits per heavy atom. The molecule has 0 aliphatic heterocycles. The quantitative estimate of drug-likeness (QED) is 0.652. The molecule has 1 aromatic heterocycles. The SMILES string of the molecule is O=C=NC1(c2c(F)cc3cc[nH]c3c2F)CCCC1. The van der Waals surface area contributed by atoms with Crippen molar-refractivity contribution >= 4 is 17.0 Å². The number of fused-ring (bicyclic) bond motifs is 1. The fourth-order valence-electron chi connectivity index (χ4n) is 3.02. The van der Waals surface area contributed by atoms with Gasteiger partial charge in [-0.3, -0.25) is 0 Å². The van der Waals surface area contributed by atoms with Crippen molar-refractivity contribution in [1.82, 2.24) is 4.98 Å². The Labute approximate surface area is 108 Å². The van der Waals surface area contributed by atoms with Gasteiger partial charge in [-0.15, -0.1) is 0 Å². The van der Waals surface area contributed by atoms with Crippen molar-refractivity contribution < 1.29 is 13.6 Å². The van der Waals surface area contributed by atoms with Crippen LogP contribution in [0.4, 0.5) is 8.78 Å². The average Bonchev–Trinajstić information content (AvgIpc) is 2.99. The van der Waals surface area contributed by atoms with E-state index < -0.39 is 17.2 Å². The molecule has 5 heteroatoms. The number of aromatic amines is 1. The minimum atomic E-state index is -1.09.